The van der Waals surface area contributed by atoms with Gasteiger partial charge in [-0.25, -0.2) is 4.74 Å². The minimum absolute atomic E-state index is 0.0946. The third kappa shape index (κ3) is 2.93. The summed E-state index contributed by atoms with van der Waals surface area (Å²) in [7, 11) is -0.808. The molecule has 0 spiro atoms. The Balaban J connectivity index is 2.23. The molecule has 0 amide bonds. The van der Waals surface area contributed by atoms with Crippen LogP contribution in [0.3, 0.4) is 0 Å². The van der Waals surface area contributed by atoms with Crippen molar-refractivity contribution in [2.75, 3.05) is 0 Å². The molecule has 0 atom stereocenters. The molecular formula is C20H24NOP. The van der Waals surface area contributed by atoms with E-state index in [2.05, 4.69) is 76.2 Å². The molecule has 3 rings (SSSR count). The summed E-state index contributed by atoms with van der Waals surface area (Å²) >= 11 is 0. The average Bonchev–Trinajstić information content (AvgIpc) is 2.68. The zero-order valence-electron chi connectivity index (χ0n) is 14.3. The molecule has 2 aromatic rings. The van der Waals surface area contributed by atoms with Crippen molar-refractivity contribution < 1.29 is 4.74 Å². The number of nitrogens with zero attached hydrogens (tertiary/aromatic N) is 1. The number of benzene rings is 2. The molecule has 0 radical (unpaired) electrons. The quantitative estimate of drug-likeness (QED) is 0.471. The fraction of sp³-hybridized carbons (Fsp3) is 0.350. The van der Waals surface area contributed by atoms with E-state index in [1.54, 1.807) is 0 Å². The molecule has 2 aromatic carbocycles. The number of hydrogen-bond acceptors (Lipinski definition) is 1. The van der Waals surface area contributed by atoms with Gasteiger partial charge in [0.15, 0.2) is 11.0 Å². The van der Waals surface area contributed by atoms with E-state index in [1.165, 1.54) is 15.3 Å². The van der Waals surface area contributed by atoms with Crippen molar-refractivity contribution in [2.45, 2.75) is 39.7 Å². The zero-order valence-corrected chi connectivity index (χ0v) is 15.2. The first kappa shape index (κ1) is 16.2. The molecule has 120 valence electrons. The molecule has 3 heteroatoms. The highest BCUT2D eigenvalue weighted by atomic mass is 31.1. The highest BCUT2D eigenvalue weighted by molar-refractivity contribution is 7.87. The van der Waals surface area contributed by atoms with Gasteiger partial charge < -0.3 is 5.21 Å². The minimum atomic E-state index is -0.808. The fourth-order valence-corrected chi connectivity index (χ4v) is 6.60. The van der Waals surface area contributed by atoms with Crippen molar-refractivity contribution in [3.05, 3.63) is 65.9 Å². The Bertz CT molecular complexity index is 680. The molecular weight excluding hydrogens is 301 g/mol. The molecule has 23 heavy (non-hydrogen) atoms. The minimum Gasteiger partial charge on any atom is -0.623 e. The first-order valence-corrected chi connectivity index (χ1v) is 9.42. The van der Waals surface area contributed by atoms with Gasteiger partial charge in [-0.2, -0.15) is 0 Å². The molecule has 0 saturated carbocycles. The number of hydroxylamine groups is 1. The highest BCUT2D eigenvalue weighted by Gasteiger charge is 2.52. The van der Waals surface area contributed by atoms with E-state index in [4.69, 9.17) is 0 Å². The third-order valence-corrected chi connectivity index (χ3v) is 7.30. The van der Waals surface area contributed by atoms with Gasteiger partial charge in [0, 0.05) is 20.3 Å². The molecule has 0 aliphatic carbocycles. The molecule has 1 aliphatic rings. The summed E-state index contributed by atoms with van der Waals surface area (Å²) in [5.74, 6) is 0. The average molecular weight is 325 g/mol. The Hall–Kier alpha value is -1.66. The summed E-state index contributed by atoms with van der Waals surface area (Å²) in [5.41, 5.74) is 0.598. The van der Waals surface area contributed by atoms with E-state index >= 15 is 0 Å². The monoisotopic (exact) mass is 325 g/mol. The highest BCUT2D eigenvalue weighted by Crippen LogP contribution is 2.51. The van der Waals surface area contributed by atoms with E-state index < -0.39 is 7.92 Å². The summed E-state index contributed by atoms with van der Waals surface area (Å²) in [5, 5.41) is 15.6. The van der Waals surface area contributed by atoms with Crippen LogP contribution in [0.2, 0.25) is 0 Å². The molecule has 1 aliphatic heterocycles. The van der Waals surface area contributed by atoms with E-state index in [0.717, 1.165) is 11.9 Å². The molecule has 0 unspecified atom stereocenters. The lowest BCUT2D eigenvalue weighted by Crippen LogP contribution is -2.31. The van der Waals surface area contributed by atoms with Crippen LogP contribution in [0.15, 0.2) is 60.7 Å². The lowest BCUT2D eigenvalue weighted by molar-refractivity contribution is -0.529. The smallest absolute Gasteiger partial charge is 0.199 e. The van der Waals surface area contributed by atoms with Crippen LogP contribution in [0.1, 0.15) is 34.1 Å². The summed E-state index contributed by atoms with van der Waals surface area (Å²) < 4.78 is 1.30. The molecule has 0 bridgehead atoms. The van der Waals surface area contributed by atoms with Crippen molar-refractivity contribution in [2.24, 2.45) is 5.41 Å². The molecule has 0 fully saturated rings. The van der Waals surface area contributed by atoms with Crippen LogP contribution in [-0.4, -0.2) is 15.7 Å². The van der Waals surface area contributed by atoms with E-state index in [-0.39, 0.29) is 11.0 Å². The van der Waals surface area contributed by atoms with Crippen molar-refractivity contribution in [3.63, 3.8) is 0 Å². The van der Waals surface area contributed by atoms with Gasteiger partial charge in [0.2, 0.25) is 0 Å². The van der Waals surface area contributed by atoms with E-state index in [1.807, 2.05) is 12.1 Å². The van der Waals surface area contributed by atoms with Gasteiger partial charge in [-0.15, -0.1) is 0 Å². The summed E-state index contributed by atoms with van der Waals surface area (Å²) in [6.45, 7) is 8.53. The molecule has 0 N–H and O–H groups in total. The van der Waals surface area contributed by atoms with Crippen LogP contribution in [0.25, 0.3) is 0 Å². The second-order valence-corrected chi connectivity index (χ2v) is 9.62. The van der Waals surface area contributed by atoms with Gasteiger partial charge in [0.05, 0.1) is 13.3 Å². The van der Waals surface area contributed by atoms with Crippen LogP contribution < -0.4 is 10.6 Å². The number of hydrogen-bond donors (Lipinski definition) is 0. The Morgan fingerprint density at radius 3 is 1.61 bits per heavy atom. The van der Waals surface area contributed by atoms with Gasteiger partial charge in [-0.1, -0.05) is 60.7 Å². The largest absolute Gasteiger partial charge is 0.623 e. The lowest BCUT2D eigenvalue weighted by atomic mass is 9.85. The van der Waals surface area contributed by atoms with Crippen molar-refractivity contribution in [1.82, 2.24) is 0 Å². The van der Waals surface area contributed by atoms with Crippen LogP contribution in [-0.2, 0) is 0 Å². The van der Waals surface area contributed by atoms with E-state index in [9.17, 15) is 5.21 Å². The first-order valence-electron chi connectivity index (χ1n) is 8.08. The second-order valence-electron chi connectivity index (χ2n) is 7.50. The van der Waals surface area contributed by atoms with Crippen molar-refractivity contribution >= 4 is 24.0 Å². The first-order chi connectivity index (χ1) is 10.8. The third-order valence-electron chi connectivity index (χ3n) is 4.46. The summed E-state index contributed by atoms with van der Waals surface area (Å²) in [4.78, 5) is 0. The standard InChI is InChI=1S/C20H24NOP/c1-19(2)15-20(3,4)21(22)18(19)23(16-11-7-5-8-12-16)17-13-9-6-10-14-17/h5-14H,15H2,1-4H3. The van der Waals surface area contributed by atoms with Crippen LogP contribution in [0, 0.1) is 10.6 Å². The Morgan fingerprint density at radius 2 is 1.26 bits per heavy atom. The lowest BCUT2D eigenvalue weighted by Gasteiger charge is -2.25. The van der Waals surface area contributed by atoms with Gasteiger partial charge in [0.25, 0.3) is 0 Å². The maximum atomic E-state index is 13.1. The number of rotatable bonds is 3. The SMILES string of the molecule is CC1(C)CC(C)(C)[N+]([O-])=C1P(c1ccccc1)c1ccccc1. The maximum absolute atomic E-state index is 13.1. The summed E-state index contributed by atoms with van der Waals surface area (Å²) in [6, 6.07) is 20.9. The van der Waals surface area contributed by atoms with Gasteiger partial charge in [-0.05, 0) is 24.5 Å². The van der Waals surface area contributed by atoms with Gasteiger partial charge >= 0.3 is 0 Å². The topological polar surface area (TPSA) is 26.1 Å². The normalized spacial score (nSPS) is 19.3. The fourth-order valence-electron chi connectivity index (χ4n) is 3.74. The summed E-state index contributed by atoms with van der Waals surface area (Å²) in [6.07, 6.45) is 0.886. The van der Waals surface area contributed by atoms with Gasteiger partial charge in [0.1, 0.15) is 0 Å². The molecule has 0 aromatic heterocycles. The van der Waals surface area contributed by atoms with Crippen LogP contribution in [0.5, 0.6) is 0 Å². The predicted octanol–water partition coefficient (Wildman–Crippen LogP) is 4.24. The van der Waals surface area contributed by atoms with Crippen molar-refractivity contribution in [1.29, 1.82) is 0 Å². The van der Waals surface area contributed by atoms with E-state index in [0.29, 0.717) is 0 Å². The van der Waals surface area contributed by atoms with Crippen LogP contribution in [0.4, 0.5) is 0 Å². The van der Waals surface area contributed by atoms with Crippen molar-refractivity contribution in [3.8, 4) is 0 Å². The Morgan fingerprint density at radius 1 is 0.826 bits per heavy atom. The molecule has 1 heterocycles. The zero-order chi connectivity index (χ0) is 16.7. The molecule has 0 saturated heterocycles. The predicted molar refractivity (Wildman–Crippen MR) is 100 cm³/mol. The molecule has 2 nitrogen and oxygen atoms in total. The Kier molecular flexibility index (Phi) is 4.06. The van der Waals surface area contributed by atoms with Crippen LogP contribution >= 0.6 is 7.92 Å². The Labute approximate surface area is 140 Å². The van der Waals surface area contributed by atoms with Gasteiger partial charge in [-0.3, -0.25) is 0 Å². The maximum Gasteiger partial charge on any atom is 0.199 e. The second kappa shape index (κ2) is 5.76.